The quantitative estimate of drug-likeness (QED) is 0.0697. The van der Waals surface area contributed by atoms with Gasteiger partial charge in [0.05, 0.1) is 5.54 Å². The zero-order valence-electron chi connectivity index (χ0n) is 29.5. The Morgan fingerprint density at radius 2 is 1.64 bits per heavy atom. The van der Waals surface area contributed by atoms with Crippen LogP contribution in [0.25, 0.3) is 0 Å². The molecular weight excluding hydrogens is 687 g/mol. The number of carbonyl (C=O) groups is 4. The van der Waals surface area contributed by atoms with E-state index in [0.29, 0.717) is 12.8 Å². The summed E-state index contributed by atoms with van der Waals surface area (Å²) in [5.74, 6) is -16.2. The minimum Gasteiger partial charge on any atom is -0.439 e. The third-order valence-corrected chi connectivity index (χ3v) is 10.6. The van der Waals surface area contributed by atoms with Crippen LogP contribution in [0.1, 0.15) is 95.2 Å². The third-order valence-electron chi connectivity index (χ3n) is 9.67. The monoisotopic (exact) mass is 732 g/mol. The van der Waals surface area contributed by atoms with Crippen LogP contribution >= 0.6 is 11.3 Å². The molecule has 3 rings (SSSR count). The van der Waals surface area contributed by atoms with Crippen molar-refractivity contribution < 1.29 is 50.6 Å². The van der Waals surface area contributed by atoms with Crippen LogP contribution in [0.5, 0.6) is 5.75 Å². The van der Waals surface area contributed by atoms with E-state index in [0.717, 1.165) is 29.7 Å². The van der Waals surface area contributed by atoms with Crippen LogP contribution in [0.15, 0.2) is 5.38 Å². The van der Waals surface area contributed by atoms with Crippen molar-refractivity contribution in [2.24, 2.45) is 17.8 Å². The lowest BCUT2D eigenvalue weighted by atomic mass is 9.80. The SMILES string of the molecule is CCNC(=O)O[C@H](C[C@H](C(C)C)N(C)C(=O)[C@@H](CC(=O)[C@@]1(C)CCCN1C)[C@@H](C)CC)c1nc(C(=O)Oc2c(F)c(F)c(F)c(F)c2F)cs1. The average Bonchev–Trinajstić information content (AvgIpc) is 3.71. The topological polar surface area (TPSA) is 118 Å². The Hall–Kier alpha value is -3.66. The lowest BCUT2D eigenvalue weighted by molar-refractivity contribution is -0.143. The Morgan fingerprint density at radius 3 is 2.16 bits per heavy atom. The fraction of sp³-hybridized carbons (Fsp3) is 0.618. The van der Waals surface area contributed by atoms with Gasteiger partial charge in [-0.1, -0.05) is 34.1 Å². The lowest BCUT2D eigenvalue weighted by Gasteiger charge is -2.38. The van der Waals surface area contributed by atoms with Crippen molar-refractivity contribution >= 4 is 35.1 Å². The van der Waals surface area contributed by atoms with E-state index in [1.165, 1.54) is 0 Å². The molecule has 2 heterocycles. The smallest absolute Gasteiger partial charge is 0.407 e. The molecular formula is C34H45F5N4O6S. The number of nitrogens with zero attached hydrogens (tertiary/aromatic N) is 3. The summed E-state index contributed by atoms with van der Waals surface area (Å²) in [6.45, 7) is 12.2. The number of esters is 1. The van der Waals surface area contributed by atoms with Crippen molar-refractivity contribution in [1.29, 1.82) is 0 Å². The summed E-state index contributed by atoms with van der Waals surface area (Å²) in [5, 5.41) is 3.66. The Balaban J connectivity index is 1.91. The van der Waals surface area contributed by atoms with Crippen LogP contribution in [0, 0.1) is 46.8 Å². The molecule has 0 unspecified atom stereocenters. The number of ether oxygens (including phenoxy) is 2. The predicted octanol–water partition coefficient (Wildman–Crippen LogP) is 6.82. The highest BCUT2D eigenvalue weighted by molar-refractivity contribution is 7.09. The second kappa shape index (κ2) is 17.0. The number of hydrogen-bond acceptors (Lipinski definition) is 9. The van der Waals surface area contributed by atoms with Gasteiger partial charge in [0.1, 0.15) is 5.01 Å². The fourth-order valence-electron chi connectivity index (χ4n) is 6.07. The number of benzene rings is 1. The molecule has 10 nitrogen and oxygen atoms in total. The Morgan fingerprint density at radius 1 is 1.04 bits per heavy atom. The van der Waals surface area contributed by atoms with E-state index in [1.807, 2.05) is 46.6 Å². The van der Waals surface area contributed by atoms with E-state index in [1.54, 1.807) is 18.9 Å². The highest BCUT2D eigenvalue weighted by atomic mass is 32.1. The minimum absolute atomic E-state index is 0.00168. The number of carbonyl (C=O) groups excluding carboxylic acids is 4. The molecule has 5 atom stereocenters. The van der Waals surface area contributed by atoms with Crippen molar-refractivity contribution in [1.82, 2.24) is 20.1 Å². The molecule has 0 saturated carbocycles. The molecule has 1 aliphatic rings. The van der Waals surface area contributed by atoms with Crippen LogP contribution < -0.4 is 10.1 Å². The van der Waals surface area contributed by atoms with Crippen LogP contribution in [0.4, 0.5) is 26.7 Å². The van der Waals surface area contributed by atoms with Gasteiger partial charge in [-0.25, -0.2) is 27.7 Å². The number of ketones is 1. The number of thiazole rings is 1. The van der Waals surface area contributed by atoms with Gasteiger partial charge in [-0.15, -0.1) is 11.3 Å². The summed E-state index contributed by atoms with van der Waals surface area (Å²) >= 11 is 0.819. The van der Waals surface area contributed by atoms with Crippen molar-refractivity contribution in [3.63, 3.8) is 0 Å². The molecule has 1 aliphatic heterocycles. The first-order valence-electron chi connectivity index (χ1n) is 16.5. The van der Waals surface area contributed by atoms with Crippen molar-refractivity contribution in [3.8, 4) is 5.75 Å². The standard InChI is InChI=1S/C34H45F5N4O6S/c1-9-18(5)19(14-23(44)34(6)12-11-13-42(34)7)31(45)43(8)21(17(3)4)15-22(48-33(47)40-10-2)30-41-20(16-50-30)32(46)49-29-27(38)25(36)24(35)26(37)28(29)39/h16-19,21-22H,9-15H2,1-8H3,(H,40,47)/t18-,19-,21+,22+,34+/m0/s1. The molecule has 1 N–H and O–H groups in total. The molecule has 278 valence electrons. The van der Waals surface area contributed by atoms with E-state index in [9.17, 15) is 41.1 Å². The second-order valence-electron chi connectivity index (χ2n) is 13.2. The number of likely N-dealkylation sites (N-methyl/N-ethyl adjacent to an activating group) is 1. The van der Waals surface area contributed by atoms with Gasteiger partial charge in [0.15, 0.2) is 17.6 Å². The summed E-state index contributed by atoms with van der Waals surface area (Å²) in [5.41, 5.74) is -1.21. The van der Waals surface area contributed by atoms with Crippen molar-refractivity contribution in [3.05, 3.63) is 45.2 Å². The Bertz CT molecular complexity index is 1550. The van der Waals surface area contributed by atoms with Gasteiger partial charge in [0.2, 0.25) is 40.7 Å². The number of Topliss-reactive ketones (excluding diaryl/α,β-unsaturated/α-hetero) is 1. The number of nitrogens with one attached hydrogen (secondary N) is 1. The molecule has 2 amide bonds. The highest BCUT2D eigenvalue weighted by Gasteiger charge is 2.44. The summed E-state index contributed by atoms with van der Waals surface area (Å²) in [6, 6.07) is -0.569. The first kappa shape index (κ1) is 40.8. The molecule has 50 heavy (non-hydrogen) atoms. The van der Waals surface area contributed by atoms with Gasteiger partial charge in [-0.3, -0.25) is 14.5 Å². The van der Waals surface area contributed by atoms with E-state index >= 15 is 0 Å². The minimum atomic E-state index is -2.41. The van der Waals surface area contributed by atoms with E-state index in [2.05, 4.69) is 15.0 Å². The van der Waals surface area contributed by atoms with Crippen LogP contribution in [0.3, 0.4) is 0 Å². The van der Waals surface area contributed by atoms with Crippen LogP contribution in [0.2, 0.25) is 0 Å². The first-order valence-corrected chi connectivity index (χ1v) is 17.4. The summed E-state index contributed by atoms with van der Waals surface area (Å²) < 4.78 is 79.3. The van der Waals surface area contributed by atoms with E-state index in [4.69, 9.17) is 4.74 Å². The second-order valence-corrected chi connectivity index (χ2v) is 14.1. The van der Waals surface area contributed by atoms with Gasteiger partial charge >= 0.3 is 12.1 Å². The Labute approximate surface area is 292 Å². The highest BCUT2D eigenvalue weighted by Crippen LogP contribution is 2.36. The molecule has 1 fully saturated rings. The number of hydrogen-bond donors (Lipinski definition) is 1. The Kier molecular flexibility index (Phi) is 13.9. The number of alkyl carbamates (subject to hydrolysis) is 1. The summed E-state index contributed by atoms with van der Waals surface area (Å²) in [4.78, 5) is 60.9. The van der Waals surface area contributed by atoms with E-state index < -0.39 is 76.2 Å². The van der Waals surface area contributed by atoms with Crippen molar-refractivity contribution in [2.75, 3.05) is 27.2 Å². The molecule has 1 saturated heterocycles. The largest absolute Gasteiger partial charge is 0.439 e. The summed E-state index contributed by atoms with van der Waals surface area (Å²) in [6.07, 6.45) is 0.324. The molecule has 16 heteroatoms. The normalized spacial score (nSPS) is 18.8. The van der Waals surface area contributed by atoms with Gasteiger partial charge in [-0.05, 0) is 52.1 Å². The number of likely N-dealkylation sites (tertiary alicyclic amines) is 1. The van der Waals surface area contributed by atoms with Gasteiger partial charge < -0.3 is 19.7 Å². The van der Waals surface area contributed by atoms with Crippen molar-refractivity contribution in [2.45, 2.75) is 91.3 Å². The predicted molar refractivity (Wildman–Crippen MR) is 175 cm³/mol. The first-order chi connectivity index (χ1) is 23.4. The van der Waals surface area contributed by atoms with Gasteiger partial charge in [0.25, 0.3) is 0 Å². The number of aromatic nitrogens is 1. The lowest BCUT2D eigenvalue weighted by Crippen LogP contribution is -2.50. The average molecular weight is 733 g/mol. The maximum atomic E-state index is 14.2. The van der Waals surface area contributed by atoms with Gasteiger partial charge in [0, 0.05) is 43.8 Å². The van der Waals surface area contributed by atoms with E-state index in [-0.39, 0.29) is 47.9 Å². The number of amides is 2. The fourth-order valence-corrected chi connectivity index (χ4v) is 6.90. The number of halogens is 5. The maximum Gasteiger partial charge on any atom is 0.407 e. The molecule has 0 aliphatic carbocycles. The third kappa shape index (κ3) is 8.79. The molecule has 2 aromatic rings. The van der Waals surface area contributed by atoms with Gasteiger partial charge in [-0.2, -0.15) is 8.78 Å². The molecule has 0 radical (unpaired) electrons. The molecule has 0 spiro atoms. The molecule has 1 aromatic carbocycles. The number of rotatable bonds is 15. The maximum absolute atomic E-state index is 14.2. The van der Waals surface area contributed by atoms with Crippen LogP contribution in [-0.4, -0.2) is 77.3 Å². The molecule has 1 aromatic heterocycles. The zero-order chi connectivity index (χ0) is 37.7. The summed E-state index contributed by atoms with van der Waals surface area (Å²) in [7, 11) is 3.53. The zero-order valence-corrected chi connectivity index (χ0v) is 30.3. The van der Waals surface area contributed by atoms with Crippen LogP contribution in [-0.2, 0) is 14.3 Å². The molecule has 0 bridgehead atoms.